The molecule has 0 spiro atoms. The van der Waals surface area contributed by atoms with Gasteiger partial charge in [0.25, 0.3) is 0 Å². The van der Waals surface area contributed by atoms with Crippen LogP contribution in [0.4, 0.5) is 0 Å². The SMILES string of the molecule is CN(CCOc1cccc(Cl)c1)C(=O)C1CCOCC1. The van der Waals surface area contributed by atoms with Crippen LogP contribution in [0.3, 0.4) is 0 Å². The predicted octanol–water partition coefficient (Wildman–Crippen LogP) is 2.60. The van der Waals surface area contributed by atoms with E-state index in [1.807, 2.05) is 19.2 Å². The third-order valence-electron chi connectivity index (χ3n) is 3.44. The third kappa shape index (κ3) is 4.39. The molecule has 4 nitrogen and oxygen atoms in total. The van der Waals surface area contributed by atoms with Crippen molar-refractivity contribution in [3.63, 3.8) is 0 Å². The Morgan fingerprint density at radius 1 is 1.45 bits per heavy atom. The summed E-state index contributed by atoms with van der Waals surface area (Å²) in [4.78, 5) is 13.9. The van der Waals surface area contributed by atoms with E-state index in [-0.39, 0.29) is 11.8 Å². The fraction of sp³-hybridized carbons (Fsp3) is 0.533. The number of carbonyl (C=O) groups is 1. The number of benzene rings is 1. The van der Waals surface area contributed by atoms with Crippen LogP contribution in [-0.2, 0) is 9.53 Å². The van der Waals surface area contributed by atoms with Gasteiger partial charge in [0.2, 0.25) is 5.91 Å². The first-order valence-electron chi connectivity index (χ1n) is 6.88. The van der Waals surface area contributed by atoms with Gasteiger partial charge in [0, 0.05) is 31.2 Å². The minimum atomic E-state index is 0.0971. The van der Waals surface area contributed by atoms with E-state index in [1.165, 1.54) is 0 Å². The van der Waals surface area contributed by atoms with E-state index in [0.717, 1.165) is 18.6 Å². The average Bonchev–Trinajstić information content (AvgIpc) is 2.47. The second kappa shape index (κ2) is 7.50. The third-order valence-corrected chi connectivity index (χ3v) is 3.67. The summed E-state index contributed by atoms with van der Waals surface area (Å²) >= 11 is 5.88. The Labute approximate surface area is 124 Å². The van der Waals surface area contributed by atoms with Gasteiger partial charge < -0.3 is 14.4 Å². The van der Waals surface area contributed by atoms with Gasteiger partial charge in [-0.05, 0) is 31.0 Å². The summed E-state index contributed by atoms with van der Waals surface area (Å²) in [6, 6.07) is 7.26. The minimum absolute atomic E-state index is 0.0971. The van der Waals surface area contributed by atoms with E-state index in [2.05, 4.69) is 0 Å². The van der Waals surface area contributed by atoms with Crippen LogP contribution in [0.15, 0.2) is 24.3 Å². The Kier molecular flexibility index (Phi) is 5.68. The van der Waals surface area contributed by atoms with Crippen LogP contribution in [0.25, 0.3) is 0 Å². The number of ether oxygens (including phenoxy) is 2. The molecule has 1 amide bonds. The molecule has 1 aromatic rings. The molecule has 1 saturated heterocycles. The highest BCUT2D eigenvalue weighted by molar-refractivity contribution is 6.30. The summed E-state index contributed by atoms with van der Waals surface area (Å²) in [7, 11) is 1.82. The maximum atomic E-state index is 12.2. The summed E-state index contributed by atoms with van der Waals surface area (Å²) in [5.41, 5.74) is 0. The molecule has 1 aliphatic heterocycles. The molecule has 1 fully saturated rings. The van der Waals surface area contributed by atoms with Gasteiger partial charge in [0.1, 0.15) is 12.4 Å². The molecule has 1 heterocycles. The van der Waals surface area contributed by atoms with Crippen LogP contribution in [0.2, 0.25) is 5.02 Å². The lowest BCUT2D eigenvalue weighted by molar-refractivity contribution is -0.137. The lowest BCUT2D eigenvalue weighted by Gasteiger charge is -2.26. The first-order valence-corrected chi connectivity index (χ1v) is 7.25. The molecule has 1 aliphatic rings. The smallest absolute Gasteiger partial charge is 0.225 e. The van der Waals surface area contributed by atoms with Crippen LogP contribution in [0, 0.1) is 5.92 Å². The largest absolute Gasteiger partial charge is 0.492 e. The summed E-state index contributed by atoms with van der Waals surface area (Å²) in [6.45, 7) is 2.40. The van der Waals surface area contributed by atoms with Crippen LogP contribution < -0.4 is 4.74 Å². The van der Waals surface area contributed by atoms with Gasteiger partial charge in [-0.25, -0.2) is 0 Å². The zero-order valence-electron chi connectivity index (χ0n) is 11.7. The maximum absolute atomic E-state index is 12.2. The quantitative estimate of drug-likeness (QED) is 0.838. The second-order valence-corrected chi connectivity index (χ2v) is 5.39. The molecule has 5 heteroatoms. The number of hydrogen-bond donors (Lipinski definition) is 0. The highest BCUT2D eigenvalue weighted by atomic mass is 35.5. The summed E-state index contributed by atoms with van der Waals surface area (Å²) in [5, 5.41) is 0.647. The standard InChI is InChI=1S/C15H20ClNO3/c1-17(15(18)12-5-8-19-9-6-12)7-10-20-14-4-2-3-13(16)11-14/h2-4,11-12H,5-10H2,1H3. The first-order chi connectivity index (χ1) is 9.66. The van der Waals surface area contributed by atoms with Crippen molar-refractivity contribution >= 4 is 17.5 Å². The molecule has 0 aromatic heterocycles. The summed E-state index contributed by atoms with van der Waals surface area (Å²) < 4.78 is 10.9. The summed E-state index contributed by atoms with van der Waals surface area (Å²) in [6.07, 6.45) is 1.64. The van der Waals surface area contributed by atoms with Crippen molar-refractivity contribution < 1.29 is 14.3 Å². The van der Waals surface area contributed by atoms with Crippen molar-refractivity contribution in [2.24, 2.45) is 5.92 Å². The molecule has 0 aliphatic carbocycles. The topological polar surface area (TPSA) is 38.8 Å². The van der Waals surface area contributed by atoms with Gasteiger partial charge in [-0.1, -0.05) is 17.7 Å². The molecule has 0 unspecified atom stereocenters. The number of carbonyl (C=O) groups excluding carboxylic acids is 1. The van der Waals surface area contributed by atoms with Crippen LogP contribution >= 0.6 is 11.6 Å². The van der Waals surface area contributed by atoms with E-state index < -0.39 is 0 Å². The molecule has 0 bridgehead atoms. The normalized spacial score (nSPS) is 15.9. The van der Waals surface area contributed by atoms with E-state index >= 15 is 0 Å². The fourth-order valence-electron chi connectivity index (χ4n) is 2.22. The lowest BCUT2D eigenvalue weighted by atomic mass is 9.99. The number of halogens is 1. The number of amides is 1. The molecule has 1 aromatic carbocycles. The Bertz CT molecular complexity index is 446. The molecule has 0 saturated carbocycles. The van der Waals surface area contributed by atoms with Crippen molar-refractivity contribution in [1.29, 1.82) is 0 Å². The molecule has 20 heavy (non-hydrogen) atoms. The predicted molar refractivity (Wildman–Crippen MR) is 78.1 cm³/mol. The van der Waals surface area contributed by atoms with Gasteiger partial charge in [0.05, 0.1) is 6.54 Å². The Balaban J connectivity index is 1.74. The highest BCUT2D eigenvalue weighted by Crippen LogP contribution is 2.18. The van der Waals surface area contributed by atoms with Crippen molar-refractivity contribution in [2.75, 3.05) is 33.4 Å². The van der Waals surface area contributed by atoms with Crippen molar-refractivity contribution in [3.05, 3.63) is 29.3 Å². The first kappa shape index (κ1) is 15.1. The molecular weight excluding hydrogens is 278 g/mol. The monoisotopic (exact) mass is 297 g/mol. The van der Waals surface area contributed by atoms with Crippen molar-refractivity contribution in [3.8, 4) is 5.75 Å². The molecule has 2 rings (SSSR count). The molecular formula is C15H20ClNO3. The van der Waals surface area contributed by atoms with Gasteiger partial charge in [-0.2, -0.15) is 0 Å². The Morgan fingerprint density at radius 2 is 2.20 bits per heavy atom. The van der Waals surface area contributed by atoms with Crippen molar-refractivity contribution in [1.82, 2.24) is 4.90 Å². The Hall–Kier alpha value is -1.26. The number of rotatable bonds is 5. The molecule has 0 atom stereocenters. The number of hydrogen-bond acceptors (Lipinski definition) is 3. The van der Waals surface area contributed by atoms with E-state index in [1.54, 1.807) is 17.0 Å². The minimum Gasteiger partial charge on any atom is -0.492 e. The van der Waals surface area contributed by atoms with Crippen LogP contribution in [-0.4, -0.2) is 44.2 Å². The highest BCUT2D eigenvalue weighted by Gasteiger charge is 2.24. The zero-order chi connectivity index (χ0) is 14.4. The zero-order valence-corrected chi connectivity index (χ0v) is 12.4. The molecule has 0 radical (unpaired) electrons. The van der Waals surface area contributed by atoms with E-state index in [0.29, 0.717) is 31.4 Å². The maximum Gasteiger partial charge on any atom is 0.225 e. The van der Waals surface area contributed by atoms with E-state index in [9.17, 15) is 4.79 Å². The summed E-state index contributed by atoms with van der Waals surface area (Å²) in [5.74, 6) is 1.01. The number of nitrogens with zero attached hydrogens (tertiary/aromatic N) is 1. The van der Waals surface area contributed by atoms with Crippen LogP contribution in [0.1, 0.15) is 12.8 Å². The van der Waals surface area contributed by atoms with Crippen LogP contribution in [0.5, 0.6) is 5.75 Å². The van der Waals surface area contributed by atoms with Crippen molar-refractivity contribution in [2.45, 2.75) is 12.8 Å². The molecule has 0 N–H and O–H groups in total. The van der Waals surface area contributed by atoms with Gasteiger partial charge in [0.15, 0.2) is 0 Å². The number of likely N-dealkylation sites (N-methyl/N-ethyl adjacent to an activating group) is 1. The molecule has 110 valence electrons. The fourth-order valence-corrected chi connectivity index (χ4v) is 2.40. The Morgan fingerprint density at radius 3 is 2.90 bits per heavy atom. The van der Waals surface area contributed by atoms with E-state index in [4.69, 9.17) is 21.1 Å². The second-order valence-electron chi connectivity index (χ2n) is 4.95. The average molecular weight is 298 g/mol. The van der Waals surface area contributed by atoms with Gasteiger partial charge >= 0.3 is 0 Å². The van der Waals surface area contributed by atoms with Gasteiger partial charge in [-0.15, -0.1) is 0 Å². The lowest BCUT2D eigenvalue weighted by Crippen LogP contribution is -2.38. The van der Waals surface area contributed by atoms with Gasteiger partial charge in [-0.3, -0.25) is 4.79 Å².